The Balaban J connectivity index is 2.33. The van der Waals surface area contributed by atoms with Gasteiger partial charge in [-0.25, -0.2) is 0 Å². The van der Waals surface area contributed by atoms with E-state index < -0.39 is 0 Å². The maximum atomic E-state index is 8.71. The Kier molecular flexibility index (Phi) is 4.78. The fourth-order valence-corrected chi connectivity index (χ4v) is 1.50. The second-order valence-electron chi connectivity index (χ2n) is 4.03. The van der Waals surface area contributed by atoms with Gasteiger partial charge in [0.05, 0.1) is 6.20 Å². The van der Waals surface area contributed by atoms with Crippen LogP contribution in [0.25, 0.3) is 0 Å². The molecule has 0 spiro atoms. The highest BCUT2D eigenvalue weighted by Gasteiger charge is 2.05. The van der Waals surface area contributed by atoms with Gasteiger partial charge in [0, 0.05) is 37.5 Å². The second-order valence-corrected chi connectivity index (χ2v) is 4.03. The molecule has 0 aliphatic carbocycles. The summed E-state index contributed by atoms with van der Waals surface area (Å²) in [5, 5.41) is 16.3. The number of aryl methyl sites for hydroxylation is 1. The molecular weight excluding hydrogens is 190 g/mol. The lowest BCUT2D eigenvalue weighted by molar-refractivity contribution is 0.276. The molecule has 0 amide bonds. The molecule has 0 saturated carbocycles. The Labute approximate surface area is 91.3 Å². The van der Waals surface area contributed by atoms with Gasteiger partial charge in [0.15, 0.2) is 0 Å². The Morgan fingerprint density at radius 1 is 1.60 bits per heavy atom. The van der Waals surface area contributed by atoms with E-state index in [1.54, 1.807) is 0 Å². The van der Waals surface area contributed by atoms with Crippen LogP contribution in [-0.4, -0.2) is 27.5 Å². The first kappa shape index (κ1) is 12.2. The van der Waals surface area contributed by atoms with Crippen molar-refractivity contribution in [1.82, 2.24) is 15.1 Å². The van der Waals surface area contributed by atoms with Crippen LogP contribution < -0.4 is 5.32 Å². The predicted molar refractivity (Wildman–Crippen MR) is 60.6 cm³/mol. The molecule has 1 rings (SSSR count). The summed E-state index contributed by atoms with van der Waals surface area (Å²) in [6.07, 6.45) is 3.77. The molecule has 86 valence electrons. The molecular formula is C11H21N3O. The summed E-state index contributed by atoms with van der Waals surface area (Å²) in [4.78, 5) is 0. The van der Waals surface area contributed by atoms with E-state index in [-0.39, 0.29) is 6.61 Å². The van der Waals surface area contributed by atoms with E-state index in [0.29, 0.717) is 6.04 Å². The zero-order chi connectivity index (χ0) is 11.3. The zero-order valence-electron chi connectivity index (χ0n) is 9.82. The minimum Gasteiger partial charge on any atom is -0.396 e. The topological polar surface area (TPSA) is 50.1 Å². The molecule has 0 bridgehead atoms. The van der Waals surface area contributed by atoms with Gasteiger partial charge in [0.25, 0.3) is 0 Å². The average Bonchev–Trinajstić information content (AvgIpc) is 2.54. The predicted octanol–water partition coefficient (Wildman–Crippen LogP) is 0.979. The first-order valence-electron chi connectivity index (χ1n) is 5.47. The SMILES string of the molecule is Cc1c(CN[C@@H](C)CCCO)cnn1C. The molecule has 2 N–H and O–H groups in total. The van der Waals surface area contributed by atoms with Crippen LogP contribution >= 0.6 is 0 Å². The Morgan fingerprint density at radius 2 is 2.33 bits per heavy atom. The highest BCUT2D eigenvalue weighted by molar-refractivity contribution is 5.15. The molecule has 0 unspecified atom stereocenters. The highest BCUT2D eigenvalue weighted by Crippen LogP contribution is 2.06. The van der Waals surface area contributed by atoms with Crippen LogP contribution in [0.5, 0.6) is 0 Å². The normalized spacial score (nSPS) is 13.1. The number of nitrogens with zero attached hydrogens (tertiary/aromatic N) is 2. The van der Waals surface area contributed by atoms with Crippen LogP contribution in [0.4, 0.5) is 0 Å². The molecule has 4 nitrogen and oxygen atoms in total. The van der Waals surface area contributed by atoms with Crippen molar-refractivity contribution >= 4 is 0 Å². The molecule has 0 aliphatic heterocycles. The maximum absolute atomic E-state index is 8.71. The van der Waals surface area contributed by atoms with Crippen LogP contribution in [0.2, 0.25) is 0 Å². The summed E-state index contributed by atoms with van der Waals surface area (Å²) in [6, 6.07) is 0.441. The minimum absolute atomic E-state index is 0.276. The van der Waals surface area contributed by atoms with Gasteiger partial charge in [-0.3, -0.25) is 4.68 Å². The third-order valence-corrected chi connectivity index (χ3v) is 2.77. The summed E-state index contributed by atoms with van der Waals surface area (Å²) in [5.41, 5.74) is 2.45. The second kappa shape index (κ2) is 5.88. The number of aliphatic hydroxyl groups excluding tert-OH is 1. The van der Waals surface area contributed by atoms with Crippen molar-refractivity contribution in [1.29, 1.82) is 0 Å². The number of aromatic nitrogens is 2. The molecule has 15 heavy (non-hydrogen) atoms. The molecule has 0 radical (unpaired) electrons. The quantitative estimate of drug-likeness (QED) is 0.737. The molecule has 1 heterocycles. The standard InChI is InChI=1S/C11H21N3O/c1-9(5-4-6-15)12-7-11-8-13-14(3)10(11)2/h8-9,12,15H,4-7H2,1-3H3/t9-/m0/s1. The van der Waals surface area contributed by atoms with Crippen molar-refractivity contribution in [2.24, 2.45) is 7.05 Å². The Bertz CT molecular complexity index is 296. The van der Waals surface area contributed by atoms with Crippen molar-refractivity contribution in [3.63, 3.8) is 0 Å². The number of nitrogens with one attached hydrogen (secondary N) is 1. The summed E-state index contributed by atoms with van der Waals surface area (Å²) >= 11 is 0. The Morgan fingerprint density at radius 3 is 2.87 bits per heavy atom. The largest absolute Gasteiger partial charge is 0.396 e. The third-order valence-electron chi connectivity index (χ3n) is 2.77. The lowest BCUT2D eigenvalue weighted by Crippen LogP contribution is -2.25. The molecule has 0 aliphatic rings. The lowest BCUT2D eigenvalue weighted by Gasteiger charge is -2.12. The third kappa shape index (κ3) is 3.64. The van der Waals surface area contributed by atoms with E-state index in [4.69, 9.17) is 5.11 Å². The molecule has 0 saturated heterocycles. The van der Waals surface area contributed by atoms with Gasteiger partial charge < -0.3 is 10.4 Å². The lowest BCUT2D eigenvalue weighted by atomic mass is 10.1. The summed E-state index contributed by atoms with van der Waals surface area (Å²) in [7, 11) is 1.95. The fourth-order valence-electron chi connectivity index (χ4n) is 1.50. The van der Waals surface area contributed by atoms with E-state index in [0.717, 1.165) is 19.4 Å². The van der Waals surface area contributed by atoms with Crippen molar-refractivity contribution in [2.45, 2.75) is 39.3 Å². The number of aliphatic hydroxyl groups is 1. The summed E-state index contributed by atoms with van der Waals surface area (Å²) < 4.78 is 1.88. The molecule has 0 aromatic carbocycles. The number of hydrogen-bond donors (Lipinski definition) is 2. The molecule has 1 aromatic rings. The van der Waals surface area contributed by atoms with Gasteiger partial charge in [-0.05, 0) is 26.7 Å². The van der Waals surface area contributed by atoms with Gasteiger partial charge in [-0.2, -0.15) is 5.10 Å². The molecule has 1 atom stereocenters. The van der Waals surface area contributed by atoms with Crippen LogP contribution in [-0.2, 0) is 13.6 Å². The zero-order valence-corrected chi connectivity index (χ0v) is 9.82. The summed E-state index contributed by atoms with van der Waals surface area (Å²) in [5.74, 6) is 0. The van der Waals surface area contributed by atoms with E-state index in [1.165, 1.54) is 11.3 Å². The van der Waals surface area contributed by atoms with Gasteiger partial charge in [0.2, 0.25) is 0 Å². The number of hydrogen-bond acceptors (Lipinski definition) is 3. The smallest absolute Gasteiger partial charge is 0.0537 e. The van der Waals surface area contributed by atoms with Crippen LogP contribution in [0.3, 0.4) is 0 Å². The number of rotatable bonds is 6. The minimum atomic E-state index is 0.276. The van der Waals surface area contributed by atoms with E-state index in [9.17, 15) is 0 Å². The highest BCUT2D eigenvalue weighted by atomic mass is 16.2. The van der Waals surface area contributed by atoms with E-state index >= 15 is 0 Å². The van der Waals surface area contributed by atoms with Crippen LogP contribution in [0, 0.1) is 6.92 Å². The van der Waals surface area contributed by atoms with Gasteiger partial charge in [-0.1, -0.05) is 0 Å². The van der Waals surface area contributed by atoms with E-state index in [2.05, 4.69) is 24.3 Å². The first-order valence-corrected chi connectivity index (χ1v) is 5.47. The molecule has 0 fully saturated rings. The van der Waals surface area contributed by atoms with E-state index in [1.807, 2.05) is 17.9 Å². The van der Waals surface area contributed by atoms with Crippen LogP contribution in [0.15, 0.2) is 6.20 Å². The van der Waals surface area contributed by atoms with Crippen molar-refractivity contribution in [3.8, 4) is 0 Å². The Hall–Kier alpha value is -0.870. The van der Waals surface area contributed by atoms with Crippen molar-refractivity contribution < 1.29 is 5.11 Å². The van der Waals surface area contributed by atoms with Crippen molar-refractivity contribution in [3.05, 3.63) is 17.5 Å². The van der Waals surface area contributed by atoms with Gasteiger partial charge in [-0.15, -0.1) is 0 Å². The summed E-state index contributed by atoms with van der Waals surface area (Å²) in [6.45, 7) is 5.34. The van der Waals surface area contributed by atoms with Crippen LogP contribution in [0.1, 0.15) is 31.0 Å². The molecule has 1 aromatic heterocycles. The molecule has 4 heteroatoms. The van der Waals surface area contributed by atoms with Gasteiger partial charge >= 0.3 is 0 Å². The first-order chi connectivity index (χ1) is 7.15. The fraction of sp³-hybridized carbons (Fsp3) is 0.727. The van der Waals surface area contributed by atoms with Gasteiger partial charge in [0.1, 0.15) is 0 Å². The maximum Gasteiger partial charge on any atom is 0.0537 e. The van der Waals surface area contributed by atoms with Crippen molar-refractivity contribution in [2.75, 3.05) is 6.61 Å². The monoisotopic (exact) mass is 211 g/mol. The average molecular weight is 211 g/mol.